The highest BCUT2D eigenvalue weighted by Gasteiger charge is 2.35. The lowest BCUT2D eigenvalue weighted by molar-refractivity contribution is -0.123. The maximum atomic E-state index is 12.6. The smallest absolute Gasteiger partial charge is 0.293 e. The van der Waals surface area contributed by atoms with Crippen molar-refractivity contribution in [2.45, 2.75) is 13.5 Å². The molecule has 2 aromatic rings. The van der Waals surface area contributed by atoms with Gasteiger partial charge in [-0.1, -0.05) is 29.8 Å². The van der Waals surface area contributed by atoms with Crippen molar-refractivity contribution in [2.75, 3.05) is 7.11 Å². The Bertz CT molecular complexity index is 858. The number of hydrogen-bond donors (Lipinski definition) is 1. The lowest BCUT2D eigenvalue weighted by Gasteiger charge is -2.12. The Morgan fingerprint density at radius 1 is 1.16 bits per heavy atom. The summed E-state index contributed by atoms with van der Waals surface area (Å²) < 4.78 is 5.12. The van der Waals surface area contributed by atoms with Crippen LogP contribution in [-0.4, -0.2) is 28.3 Å². The highest BCUT2D eigenvalue weighted by Crippen LogP contribution is 2.35. The van der Waals surface area contributed by atoms with Crippen molar-refractivity contribution in [1.29, 1.82) is 0 Å². The van der Waals surface area contributed by atoms with E-state index >= 15 is 0 Å². The number of thioether (sulfide) groups is 1. The molecule has 0 spiro atoms. The van der Waals surface area contributed by atoms with Crippen LogP contribution in [0.1, 0.15) is 16.7 Å². The molecule has 6 heteroatoms. The molecule has 1 aliphatic rings. The predicted molar refractivity (Wildman–Crippen MR) is 97.4 cm³/mol. The van der Waals surface area contributed by atoms with Crippen LogP contribution < -0.4 is 4.74 Å². The van der Waals surface area contributed by atoms with Crippen molar-refractivity contribution >= 4 is 29.0 Å². The molecular formula is C19H17NO4S. The number of imide groups is 1. The van der Waals surface area contributed by atoms with Crippen LogP contribution in [0.3, 0.4) is 0 Å². The van der Waals surface area contributed by atoms with Gasteiger partial charge >= 0.3 is 0 Å². The van der Waals surface area contributed by atoms with Crippen LogP contribution in [0.5, 0.6) is 11.5 Å². The van der Waals surface area contributed by atoms with Gasteiger partial charge in [0, 0.05) is 5.56 Å². The van der Waals surface area contributed by atoms with E-state index in [2.05, 4.69) is 0 Å². The molecule has 0 radical (unpaired) electrons. The summed E-state index contributed by atoms with van der Waals surface area (Å²) >= 11 is 0.868. The number of aryl methyl sites for hydroxylation is 1. The fourth-order valence-electron chi connectivity index (χ4n) is 2.43. The lowest BCUT2D eigenvalue weighted by atomic mass is 10.1. The molecule has 0 aromatic heterocycles. The molecule has 2 amide bonds. The minimum atomic E-state index is -0.363. The number of nitrogens with zero attached hydrogens (tertiary/aromatic N) is 1. The number of methoxy groups -OCH3 is 1. The van der Waals surface area contributed by atoms with Crippen LogP contribution in [0.25, 0.3) is 6.08 Å². The van der Waals surface area contributed by atoms with Crippen molar-refractivity contribution in [2.24, 2.45) is 0 Å². The zero-order valence-electron chi connectivity index (χ0n) is 13.9. The molecule has 0 atom stereocenters. The number of phenols is 1. The van der Waals surface area contributed by atoms with E-state index < -0.39 is 0 Å². The SMILES string of the molecule is COc1ccc(O)c(/C=C2\SC(=O)N(Cc3ccc(C)cc3)C2=O)c1. The molecule has 0 saturated carbocycles. The average Bonchev–Trinajstić information content (AvgIpc) is 2.86. The van der Waals surface area contributed by atoms with E-state index in [1.165, 1.54) is 24.2 Å². The summed E-state index contributed by atoms with van der Waals surface area (Å²) in [7, 11) is 1.52. The Morgan fingerprint density at radius 2 is 1.88 bits per heavy atom. The molecule has 1 heterocycles. The summed E-state index contributed by atoms with van der Waals surface area (Å²) in [6, 6.07) is 12.4. The first-order chi connectivity index (χ1) is 12.0. The van der Waals surface area contributed by atoms with Crippen LogP contribution in [0.15, 0.2) is 47.4 Å². The number of carbonyl (C=O) groups excluding carboxylic acids is 2. The molecule has 0 aliphatic carbocycles. The van der Waals surface area contributed by atoms with Gasteiger partial charge in [-0.15, -0.1) is 0 Å². The Labute approximate surface area is 149 Å². The molecule has 1 aliphatic heterocycles. The van der Waals surface area contributed by atoms with Gasteiger partial charge in [-0.3, -0.25) is 14.5 Å². The summed E-state index contributed by atoms with van der Waals surface area (Å²) in [6.45, 7) is 2.21. The van der Waals surface area contributed by atoms with Gasteiger partial charge in [0.1, 0.15) is 11.5 Å². The van der Waals surface area contributed by atoms with Crippen LogP contribution >= 0.6 is 11.8 Å². The Kier molecular flexibility index (Phi) is 4.81. The van der Waals surface area contributed by atoms with Crippen molar-refractivity contribution in [3.63, 3.8) is 0 Å². The van der Waals surface area contributed by atoms with E-state index in [1.807, 2.05) is 31.2 Å². The third-order valence-electron chi connectivity index (χ3n) is 3.86. The molecular weight excluding hydrogens is 338 g/mol. The van der Waals surface area contributed by atoms with Crippen LogP contribution in [0, 0.1) is 6.92 Å². The highest BCUT2D eigenvalue weighted by atomic mass is 32.2. The molecule has 25 heavy (non-hydrogen) atoms. The monoisotopic (exact) mass is 355 g/mol. The van der Waals surface area contributed by atoms with Gasteiger partial charge in [-0.2, -0.15) is 0 Å². The molecule has 1 saturated heterocycles. The maximum Gasteiger partial charge on any atom is 0.293 e. The number of carbonyl (C=O) groups is 2. The normalized spacial score (nSPS) is 15.9. The van der Waals surface area contributed by atoms with E-state index in [4.69, 9.17) is 4.74 Å². The maximum absolute atomic E-state index is 12.6. The van der Waals surface area contributed by atoms with Gasteiger partial charge in [-0.25, -0.2) is 0 Å². The second kappa shape index (κ2) is 7.03. The fourth-order valence-corrected chi connectivity index (χ4v) is 3.26. The summed E-state index contributed by atoms with van der Waals surface area (Å²) in [4.78, 5) is 26.3. The van der Waals surface area contributed by atoms with Gasteiger partial charge < -0.3 is 9.84 Å². The lowest BCUT2D eigenvalue weighted by Crippen LogP contribution is -2.27. The van der Waals surface area contributed by atoms with Crippen molar-refractivity contribution in [3.05, 3.63) is 64.1 Å². The van der Waals surface area contributed by atoms with Crippen LogP contribution in [0.2, 0.25) is 0 Å². The second-order valence-electron chi connectivity index (χ2n) is 5.68. The van der Waals surface area contributed by atoms with Gasteiger partial charge in [0.15, 0.2) is 0 Å². The van der Waals surface area contributed by atoms with E-state index in [1.54, 1.807) is 12.1 Å². The Hall–Kier alpha value is -2.73. The third-order valence-corrected chi connectivity index (χ3v) is 4.76. The topological polar surface area (TPSA) is 66.8 Å². The fraction of sp³-hybridized carbons (Fsp3) is 0.158. The Morgan fingerprint density at radius 3 is 2.56 bits per heavy atom. The number of ether oxygens (including phenoxy) is 1. The van der Waals surface area contributed by atoms with E-state index in [0.29, 0.717) is 11.3 Å². The van der Waals surface area contributed by atoms with E-state index in [0.717, 1.165) is 22.9 Å². The largest absolute Gasteiger partial charge is 0.507 e. The van der Waals surface area contributed by atoms with Gasteiger partial charge in [-0.05, 0) is 48.5 Å². The zero-order valence-corrected chi connectivity index (χ0v) is 14.7. The molecule has 2 aromatic carbocycles. The second-order valence-corrected chi connectivity index (χ2v) is 6.67. The molecule has 3 rings (SSSR count). The number of phenolic OH excluding ortho intramolecular Hbond substituents is 1. The van der Waals surface area contributed by atoms with Crippen LogP contribution in [-0.2, 0) is 11.3 Å². The van der Waals surface area contributed by atoms with Gasteiger partial charge in [0.2, 0.25) is 0 Å². The van der Waals surface area contributed by atoms with Crippen LogP contribution in [0.4, 0.5) is 4.79 Å². The van der Waals surface area contributed by atoms with Crippen molar-refractivity contribution in [3.8, 4) is 11.5 Å². The first-order valence-corrected chi connectivity index (χ1v) is 8.47. The first kappa shape index (κ1) is 17.1. The molecule has 0 bridgehead atoms. The predicted octanol–water partition coefficient (Wildman–Crippen LogP) is 3.95. The zero-order chi connectivity index (χ0) is 18.0. The van der Waals surface area contributed by atoms with Crippen molar-refractivity contribution in [1.82, 2.24) is 4.90 Å². The number of aromatic hydroxyl groups is 1. The molecule has 128 valence electrons. The molecule has 0 unspecified atom stereocenters. The quantitative estimate of drug-likeness (QED) is 0.841. The van der Waals surface area contributed by atoms with Gasteiger partial charge in [0.25, 0.3) is 11.1 Å². The molecule has 1 fully saturated rings. The summed E-state index contributed by atoms with van der Waals surface area (Å²) in [5.74, 6) is 0.215. The van der Waals surface area contributed by atoms with E-state index in [-0.39, 0.29) is 28.3 Å². The summed E-state index contributed by atoms with van der Waals surface area (Å²) in [5.41, 5.74) is 2.44. The highest BCUT2D eigenvalue weighted by molar-refractivity contribution is 8.18. The number of rotatable bonds is 4. The van der Waals surface area contributed by atoms with E-state index in [9.17, 15) is 14.7 Å². The minimum Gasteiger partial charge on any atom is -0.507 e. The van der Waals surface area contributed by atoms with Crippen molar-refractivity contribution < 1.29 is 19.4 Å². The number of benzene rings is 2. The first-order valence-electron chi connectivity index (χ1n) is 7.66. The molecule has 1 N–H and O–H groups in total. The number of amides is 2. The standard InChI is InChI=1S/C19H17NO4S/c1-12-3-5-13(6-4-12)11-20-18(22)17(25-19(20)23)10-14-9-15(24-2)7-8-16(14)21/h3-10,21H,11H2,1-2H3/b17-10-. The third kappa shape index (κ3) is 3.69. The average molecular weight is 355 g/mol. The Balaban J connectivity index is 1.84. The summed E-state index contributed by atoms with van der Waals surface area (Å²) in [5, 5.41) is 9.63. The number of hydrogen-bond acceptors (Lipinski definition) is 5. The van der Waals surface area contributed by atoms with Gasteiger partial charge in [0.05, 0.1) is 18.6 Å². The molecule has 5 nitrogen and oxygen atoms in total. The summed E-state index contributed by atoms with van der Waals surface area (Å²) in [6.07, 6.45) is 1.51. The minimum absolute atomic E-state index is 0.0196.